The van der Waals surface area contributed by atoms with Crippen LogP contribution in [0.4, 0.5) is 0 Å². The number of nitrogens with zero attached hydrogens (tertiary/aromatic N) is 1. The first-order chi connectivity index (χ1) is 7.67. The number of aromatic nitrogens is 1. The van der Waals surface area contributed by atoms with Crippen molar-refractivity contribution in [1.82, 2.24) is 4.98 Å². The second kappa shape index (κ2) is 6.12. The Labute approximate surface area is 97.9 Å². The summed E-state index contributed by atoms with van der Waals surface area (Å²) in [5.41, 5.74) is 5.63. The first-order valence-corrected chi connectivity index (χ1v) is 5.63. The number of hydrogen-bond donors (Lipinski definition) is 1. The van der Waals surface area contributed by atoms with Crippen LogP contribution in [0, 0.1) is 0 Å². The van der Waals surface area contributed by atoms with E-state index in [1.807, 2.05) is 6.92 Å². The lowest BCUT2D eigenvalue weighted by atomic mass is 10.4. The summed E-state index contributed by atoms with van der Waals surface area (Å²) in [4.78, 5) is 16.0. The molecule has 0 atom stereocenters. The zero-order valence-corrected chi connectivity index (χ0v) is 10.0. The smallest absolute Gasteiger partial charge is 0.354 e. The first kappa shape index (κ1) is 12.5. The van der Waals surface area contributed by atoms with E-state index in [4.69, 9.17) is 15.2 Å². The minimum Gasteiger partial charge on any atom is -0.473 e. The highest BCUT2D eigenvalue weighted by Crippen LogP contribution is 2.21. The van der Waals surface area contributed by atoms with Gasteiger partial charge in [0.25, 0.3) is 5.19 Å². The van der Waals surface area contributed by atoms with Gasteiger partial charge in [-0.2, -0.15) is 0 Å². The van der Waals surface area contributed by atoms with Gasteiger partial charge in [-0.3, -0.25) is 0 Å². The Hall–Kier alpha value is -1.56. The highest BCUT2D eigenvalue weighted by Gasteiger charge is 2.07. The van der Waals surface area contributed by atoms with Gasteiger partial charge in [0, 0.05) is 6.20 Å². The van der Waals surface area contributed by atoms with Gasteiger partial charge in [0.05, 0.1) is 18.6 Å². The maximum Gasteiger partial charge on any atom is 0.354 e. The molecule has 5 nitrogen and oxygen atoms in total. The Balaban J connectivity index is 2.64. The summed E-state index contributed by atoms with van der Waals surface area (Å²) in [6.45, 7) is 2.29. The first-order valence-electron chi connectivity index (χ1n) is 4.81. The van der Waals surface area contributed by atoms with E-state index in [-0.39, 0.29) is 5.70 Å². The fraction of sp³-hybridized carbons (Fsp3) is 0.400. The van der Waals surface area contributed by atoms with E-state index in [9.17, 15) is 4.79 Å². The Morgan fingerprint density at radius 2 is 2.44 bits per heavy atom. The predicted molar refractivity (Wildman–Crippen MR) is 62.1 cm³/mol. The van der Waals surface area contributed by atoms with Crippen LogP contribution in [0.3, 0.4) is 0 Å². The molecule has 0 amide bonds. The minimum atomic E-state index is -0.505. The van der Waals surface area contributed by atoms with Gasteiger partial charge in [-0.25, -0.2) is 9.78 Å². The Morgan fingerprint density at radius 3 is 3.00 bits per heavy atom. The molecule has 1 rings (SSSR count). The third-order valence-electron chi connectivity index (χ3n) is 1.65. The van der Waals surface area contributed by atoms with E-state index < -0.39 is 5.97 Å². The van der Waals surface area contributed by atoms with E-state index in [1.165, 1.54) is 24.5 Å². The monoisotopic (exact) mass is 242 g/mol. The van der Waals surface area contributed by atoms with Crippen LogP contribution in [0.15, 0.2) is 11.9 Å². The van der Waals surface area contributed by atoms with Crippen molar-refractivity contribution in [2.45, 2.75) is 13.3 Å². The van der Waals surface area contributed by atoms with Gasteiger partial charge in [-0.1, -0.05) is 18.3 Å². The number of ether oxygens (including phenoxy) is 2. The second-order valence-electron chi connectivity index (χ2n) is 2.97. The van der Waals surface area contributed by atoms with Gasteiger partial charge >= 0.3 is 5.97 Å². The molecule has 0 aliphatic heterocycles. The average Bonchev–Trinajstić information content (AvgIpc) is 2.73. The van der Waals surface area contributed by atoms with Crippen LogP contribution in [-0.2, 0) is 9.53 Å². The highest BCUT2D eigenvalue weighted by molar-refractivity contribution is 7.14. The van der Waals surface area contributed by atoms with E-state index in [1.54, 1.807) is 6.20 Å². The summed E-state index contributed by atoms with van der Waals surface area (Å²) in [7, 11) is 1.53. The quantitative estimate of drug-likeness (QED) is 0.624. The van der Waals surface area contributed by atoms with E-state index in [2.05, 4.69) is 4.98 Å². The number of hydrogen-bond acceptors (Lipinski definition) is 6. The number of methoxy groups -OCH3 is 1. The molecule has 0 bridgehead atoms. The van der Waals surface area contributed by atoms with Crippen LogP contribution in [0.25, 0.3) is 6.08 Å². The normalized spacial score (nSPS) is 11.2. The zero-order chi connectivity index (χ0) is 12.0. The predicted octanol–water partition coefficient (Wildman–Crippen LogP) is 1.40. The molecule has 88 valence electrons. The maximum atomic E-state index is 11.3. The topological polar surface area (TPSA) is 74.4 Å². The Bertz CT molecular complexity index is 387. The van der Waals surface area contributed by atoms with E-state index in [0.717, 1.165) is 11.3 Å². The Morgan fingerprint density at radius 1 is 1.69 bits per heavy atom. The van der Waals surface area contributed by atoms with Crippen LogP contribution in [-0.4, -0.2) is 24.7 Å². The zero-order valence-electron chi connectivity index (χ0n) is 9.23. The molecule has 16 heavy (non-hydrogen) atoms. The number of esters is 1. The number of thiazole rings is 1. The van der Waals surface area contributed by atoms with Gasteiger partial charge in [0.15, 0.2) is 0 Å². The second-order valence-corrected chi connectivity index (χ2v) is 3.99. The van der Waals surface area contributed by atoms with Crippen molar-refractivity contribution in [2.24, 2.45) is 5.73 Å². The summed E-state index contributed by atoms with van der Waals surface area (Å²) in [5, 5.41) is 0.529. The van der Waals surface area contributed by atoms with Crippen LogP contribution < -0.4 is 10.5 Å². The molecule has 0 saturated carbocycles. The highest BCUT2D eigenvalue weighted by atomic mass is 32.1. The summed E-state index contributed by atoms with van der Waals surface area (Å²) < 4.78 is 9.80. The summed E-state index contributed by atoms with van der Waals surface area (Å²) >= 11 is 1.30. The van der Waals surface area contributed by atoms with Crippen molar-refractivity contribution in [1.29, 1.82) is 0 Å². The third kappa shape index (κ3) is 3.54. The van der Waals surface area contributed by atoms with E-state index >= 15 is 0 Å². The number of nitrogens with two attached hydrogens (primary N) is 1. The van der Waals surface area contributed by atoms with Crippen LogP contribution in [0.1, 0.15) is 18.2 Å². The van der Waals surface area contributed by atoms with Crippen molar-refractivity contribution in [3.05, 3.63) is 16.8 Å². The van der Waals surface area contributed by atoms with Crippen molar-refractivity contribution in [2.75, 3.05) is 13.7 Å². The van der Waals surface area contributed by atoms with Crippen molar-refractivity contribution < 1.29 is 14.3 Å². The van der Waals surface area contributed by atoms with Gasteiger partial charge in [-0.05, 0) is 12.5 Å². The SMILES string of the molecule is CCCOC(=O)/C(N)=C/c1cnc(OC)s1. The molecule has 6 heteroatoms. The van der Waals surface area contributed by atoms with Crippen LogP contribution in [0.5, 0.6) is 5.19 Å². The lowest BCUT2D eigenvalue weighted by molar-refractivity contribution is -0.139. The molecule has 0 aliphatic rings. The minimum absolute atomic E-state index is 0.0692. The number of rotatable bonds is 5. The molecular formula is C10H14N2O3S. The fourth-order valence-corrected chi connectivity index (χ4v) is 1.60. The summed E-state index contributed by atoms with van der Waals surface area (Å²) in [6, 6.07) is 0. The van der Waals surface area contributed by atoms with Crippen molar-refractivity contribution in [3.63, 3.8) is 0 Å². The molecule has 1 heterocycles. The van der Waals surface area contributed by atoms with Gasteiger partial charge in [-0.15, -0.1) is 0 Å². The largest absolute Gasteiger partial charge is 0.473 e. The lowest BCUT2D eigenvalue weighted by Crippen LogP contribution is -2.14. The number of carbonyl (C=O) groups excluding carboxylic acids is 1. The fourth-order valence-electron chi connectivity index (χ4n) is 0.921. The summed E-state index contributed by atoms with van der Waals surface area (Å²) in [6.07, 6.45) is 3.88. The molecule has 0 fully saturated rings. The maximum absolute atomic E-state index is 11.3. The molecular weight excluding hydrogens is 228 g/mol. The molecule has 2 N–H and O–H groups in total. The van der Waals surface area contributed by atoms with E-state index in [0.29, 0.717) is 11.8 Å². The number of carbonyl (C=O) groups is 1. The van der Waals surface area contributed by atoms with Gasteiger partial charge in [0.2, 0.25) is 0 Å². The Kier molecular flexibility index (Phi) is 4.78. The average molecular weight is 242 g/mol. The molecule has 0 saturated heterocycles. The van der Waals surface area contributed by atoms with Gasteiger partial charge in [0.1, 0.15) is 5.70 Å². The molecule has 0 aromatic carbocycles. The molecule has 1 aromatic rings. The molecule has 0 unspecified atom stereocenters. The molecule has 1 aromatic heterocycles. The lowest BCUT2D eigenvalue weighted by Gasteiger charge is -2.01. The standard InChI is InChI=1S/C10H14N2O3S/c1-3-4-15-9(13)8(11)5-7-6-12-10(14-2)16-7/h5-6H,3-4,11H2,1-2H3/b8-5-. The van der Waals surface area contributed by atoms with Crippen molar-refractivity contribution in [3.8, 4) is 5.19 Å². The molecule has 0 spiro atoms. The van der Waals surface area contributed by atoms with Crippen LogP contribution in [0.2, 0.25) is 0 Å². The van der Waals surface area contributed by atoms with Crippen molar-refractivity contribution >= 4 is 23.4 Å². The van der Waals surface area contributed by atoms with Crippen LogP contribution >= 0.6 is 11.3 Å². The molecule has 0 aliphatic carbocycles. The summed E-state index contributed by atoms with van der Waals surface area (Å²) in [5.74, 6) is -0.505. The molecule has 0 radical (unpaired) electrons. The van der Waals surface area contributed by atoms with Gasteiger partial charge < -0.3 is 15.2 Å². The third-order valence-corrected chi connectivity index (χ3v) is 2.55.